The van der Waals surface area contributed by atoms with Gasteiger partial charge in [0.1, 0.15) is 11.5 Å². The number of ether oxygens (including phenoxy) is 1. The van der Waals surface area contributed by atoms with E-state index in [1.807, 2.05) is 6.92 Å². The number of hydrogen-bond acceptors (Lipinski definition) is 5. The van der Waals surface area contributed by atoms with E-state index in [2.05, 4.69) is 5.32 Å². The van der Waals surface area contributed by atoms with Gasteiger partial charge in [0.2, 0.25) is 10.0 Å². The number of furan rings is 1. The summed E-state index contributed by atoms with van der Waals surface area (Å²) in [6, 6.07) is 16.7. The van der Waals surface area contributed by atoms with Crippen LogP contribution in [0.5, 0.6) is 5.75 Å². The maximum Gasteiger partial charge on any atom is 0.251 e. The molecule has 0 unspecified atom stereocenters. The second-order valence-electron chi connectivity index (χ2n) is 6.59. The SMILES string of the molecule is CCOc1ccc(C(=O)NCc2ccco2)cc1CN(C)S(=O)(=O)c1ccccc1. The van der Waals surface area contributed by atoms with Crippen LogP contribution in [0, 0.1) is 0 Å². The summed E-state index contributed by atoms with van der Waals surface area (Å²) in [5, 5.41) is 2.78. The summed E-state index contributed by atoms with van der Waals surface area (Å²) in [6.45, 7) is 2.59. The molecule has 0 spiro atoms. The van der Waals surface area contributed by atoms with E-state index < -0.39 is 10.0 Å². The van der Waals surface area contributed by atoms with Crippen LogP contribution in [0.3, 0.4) is 0 Å². The molecular weight excluding hydrogens is 404 g/mol. The van der Waals surface area contributed by atoms with Crippen molar-refractivity contribution < 1.29 is 22.4 Å². The number of nitrogens with one attached hydrogen (secondary N) is 1. The predicted octanol–water partition coefficient (Wildman–Crippen LogP) is 3.43. The lowest BCUT2D eigenvalue weighted by molar-refractivity contribution is 0.0948. The van der Waals surface area contributed by atoms with Crippen LogP contribution in [0.2, 0.25) is 0 Å². The van der Waals surface area contributed by atoms with E-state index in [4.69, 9.17) is 9.15 Å². The van der Waals surface area contributed by atoms with Crippen molar-refractivity contribution in [1.82, 2.24) is 9.62 Å². The highest BCUT2D eigenvalue weighted by atomic mass is 32.2. The van der Waals surface area contributed by atoms with E-state index >= 15 is 0 Å². The average Bonchev–Trinajstić information content (AvgIpc) is 3.27. The number of nitrogens with zero attached hydrogens (tertiary/aromatic N) is 1. The lowest BCUT2D eigenvalue weighted by Crippen LogP contribution is -2.27. The highest BCUT2D eigenvalue weighted by molar-refractivity contribution is 7.89. The molecular formula is C22H24N2O5S. The Bertz CT molecular complexity index is 1080. The number of hydrogen-bond donors (Lipinski definition) is 1. The Morgan fingerprint density at radius 2 is 1.87 bits per heavy atom. The van der Waals surface area contributed by atoms with E-state index in [0.29, 0.717) is 29.2 Å². The number of sulfonamides is 1. The number of benzene rings is 2. The monoisotopic (exact) mass is 428 g/mol. The quantitative estimate of drug-likeness (QED) is 0.564. The van der Waals surface area contributed by atoms with Gasteiger partial charge >= 0.3 is 0 Å². The van der Waals surface area contributed by atoms with Crippen LogP contribution >= 0.6 is 0 Å². The molecule has 0 radical (unpaired) electrons. The summed E-state index contributed by atoms with van der Waals surface area (Å²) in [6.07, 6.45) is 1.54. The first-order valence-corrected chi connectivity index (χ1v) is 10.9. The van der Waals surface area contributed by atoms with Gasteiger partial charge in [-0.25, -0.2) is 8.42 Å². The van der Waals surface area contributed by atoms with Gasteiger partial charge in [0, 0.05) is 24.7 Å². The van der Waals surface area contributed by atoms with Gasteiger partial charge < -0.3 is 14.5 Å². The van der Waals surface area contributed by atoms with Gasteiger partial charge in [0.05, 0.1) is 24.3 Å². The number of carbonyl (C=O) groups excluding carboxylic acids is 1. The standard InChI is InChI=1S/C22H24N2O5S/c1-3-28-21-12-11-17(22(25)23-15-19-8-7-13-29-19)14-18(21)16-24(2)30(26,27)20-9-5-4-6-10-20/h4-14H,3,15-16H2,1-2H3,(H,23,25). The first-order valence-electron chi connectivity index (χ1n) is 9.49. The Morgan fingerprint density at radius 1 is 1.10 bits per heavy atom. The van der Waals surface area contributed by atoms with Gasteiger partial charge in [-0.3, -0.25) is 4.79 Å². The zero-order chi connectivity index (χ0) is 21.6. The molecule has 0 aliphatic rings. The molecule has 0 saturated carbocycles. The van der Waals surface area contributed by atoms with Crippen LogP contribution in [0.4, 0.5) is 0 Å². The summed E-state index contributed by atoms with van der Waals surface area (Å²) in [5.74, 6) is 0.891. The smallest absolute Gasteiger partial charge is 0.251 e. The zero-order valence-electron chi connectivity index (χ0n) is 16.9. The van der Waals surface area contributed by atoms with E-state index in [1.54, 1.807) is 66.9 Å². The molecule has 0 aliphatic heterocycles. The molecule has 0 atom stereocenters. The number of rotatable bonds is 9. The van der Waals surface area contributed by atoms with Crippen molar-refractivity contribution in [3.63, 3.8) is 0 Å². The largest absolute Gasteiger partial charge is 0.494 e. The van der Waals surface area contributed by atoms with Gasteiger partial charge in [-0.05, 0) is 49.4 Å². The fourth-order valence-electron chi connectivity index (χ4n) is 2.92. The lowest BCUT2D eigenvalue weighted by atomic mass is 10.1. The minimum absolute atomic E-state index is 0.0614. The van der Waals surface area contributed by atoms with Crippen LogP contribution < -0.4 is 10.1 Å². The molecule has 1 N–H and O–H groups in total. The van der Waals surface area contributed by atoms with Crippen molar-refractivity contribution in [3.05, 3.63) is 83.8 Å². The van der Waals surface area contributed by atoms with Crippen LogP contribution in [0.25, 0.3) is 0 Å². The topological polar surface area (TPSA) is 88.8 Å². The molecule has 1 aromatic heterocycles. The molecule has 3 rings (SSSR count). The molecule has 7 nitrogen and oxygen atoms in total. The minimum Gasteiger partial charge on any atom is -0.494 e. The van der Waals surface area contributed by atoms with Crippen LogP contribution in [0.15, 0.2) is 76.2 Å². The van der Waals surface area contributed by atoms with Gasteiger partial charge in [-0.2, -0.15) is 4.31 Å². The van der Waals surface area contributed by atoms with Crippen LogP contribution in [0.1, 0.15) is 28.6 Å². The summed E-state index contributed by atoms with van der Waals surface area (Å²) >= 11 is 0. The molecule has 158 valence electrons. The molecule has 0 saturated heterocycles. The Balaban J connectivity index is 1.81. The van der Waals surface area contributed by atoms with Gasteiger partial charge in [-0.1, -0.05) is 18.2 Å². The van der Waals surface area contributed by atoms with Gasteiger partial charge in [-0.15, -0.1) is 0 Å². The first kappa shape index (κ1) is 21.6. The van der Waals surface area contributed by atoms with Crippen LogP contribution in [-0.4, -0.2) is 32.3 Å². The summed E-state index contributed by atoms with van der Waals surface area (Å²) in [4.78, 5) is 12.7. The third kappa shape index (κ3) is 5.08. The van der Waals surface area contributed by atoms with E-state index in [1.165, 1.54) is 11.4 Å². The maximum atomic E-state index is 12.9. The van der Waals surface area contributed by atoms with Crippen molar-refractivity contribution >= 4 is 15.9 Å². The highest BCUT2D eigenvalue weighted by Crippen LogP contribution is 2.24. The second kappa shape index (κ2) is 9.60. The van der Waals surface area contributed by atoms with Crippen LogP contribution in [-0.2, 0) is 23.1 Å². The zero-order valence-corrected chi connectivity index (χ0v) is 17.7. The summed E-state index contributed by atoms with van der Waals surface area (Å²) in [7, 11) is -2.18. The fourth-order valence-corrected chi connectivity index (χ4v) is 4.09. The Labute approximate surface area is 176 Å². The summed E-state index contributed by atoms with van der Waals surface area (Å²) in [5.41, 5.74) is 1.01. The van der Waals surface area contributed by atoms with Crippen molar-refractivity contribution in [3.8, 4) is 5.75 Å². The Kier molecular flexibility index (Phi) is 6.91. The molecule has 0 fully saturated rings. The average molecular weight is 429 g/mol. The Hall–Kier alpha value is -3.10. The molecule has 3 aromatic rings. The van der Waals surface area contributed by atoms with Crippen molar-refractivity contribution in [1.29, 1.82) is 0 Å². The van der Waals surface area contributed by atoms with Crippen molar-refractivity contribution in [2.45, 2.75) is 24.9 Å². The maximum absolute atomic E-state index is 12.9. The second-order valence-corrected chi connectivity index (χ2v) is 8.64. The van der Waals surface area contributed by atoms with Crippen molar-refractivity contribution in [2.24, 2.45) is 0 Å². The summed E-state index contributed by atoms with van der Waals surface area (Å²) < 4.78 is 37.8. The molecule has 0 bridgehead atoms. The van der Waals surface area contributed by atoms with Gasteiger partial charge in [0.15, 0.2) is 0 Å². The predicted molar refractivity (Wildman–Crippen MR) is 113 cm³/mol. The minimum atomic E-state index is -3.68. The van der Waals surface area contributed by atoms with E-state index in [9.17, 15) is 13.2 Å². The first-order chi connectivity index (χ1) is 14.4. The van der Waals surface area contributed by atoms with Gasteiger partial charge in [0.25, 0.3) is 5.91 Å². The molecule has 2 aromatic carbocycles. The van der Waals surface area contributed by atoms with E-state index in [-0.39, 0.29) is 23.9 Å². The number of amides is 1. The molecule has 1 amide bonds. The van der Waals surface area contributed by atoms with Crippen molar-refractivity contribution in [2.75, 3.05) is 13.7 Å². The molecule has 30 heavy (non-hydrogen) atoms. The molecule has 0 aliphatic carbocycles. The Morgan fingerprint density at radius 3 is 2.53 bits per heavy atom. The molecule has 8 heteroatoms. The number of carbonyl (C=O) groups is 1. The fraction of sp³-hybridized carbons (Fsp3) is 0.227. The normalized spacial score (nSPS) is 11.4. The van der Waals surface area contributed by atoms with E-state index in [0.717, 1.165) is 0 Å². The third-order valence-electron chi connectivity index (χ3n) is 4.47. The molecule has 1 heterocycles. The third-order valence-corrected chi connectivity index (χ3v) is 6.29. The lowest BCUT2D eigenvalue weighted by Gasteiger charge is -2.20. The highest BCUT2D eigenvalue weighted by Gasteiger charge is 2.22.